The van der Waals surface area contributed by atoms with Crippen LogP contribution in [-0.2, 0) is 6.54 Å². The van der Waals surface area contributed by atoms with E-state index in [9.17, 15) is 10.1 Å². The number of para-hydroxylation sites is 1. The van der Waals surface area contributed by atoms with Gasteiger partial charge in [0.05, 0.1) is 16.1 Å². The molecule has 6 aromatic rings. The summed E-state index contributed by atoms with van der Waals surface area (Å²) < 4.78 is 2.47. The molecule has 0 aliphatic rings. The number of benzene rings is 4. The summed E-state index contributed by atoms with van der Waals surface area (Å²) in [7, 11) is 0. The van der Waals surface area contributed by atoms with Gasteiger partial charge >= 0.3 is 0 Å². The Labute approximate surface area is 234 Å². The molecular formula is C35H33N3O2. The fourth-order valence-electron chi connectivity index (χ4n) is 5.84. The Balaban J connectivity index is 1.44. The van der Waals surface area contributed by atoms with Crippen LogP contribution in [0.3, 0.4) is 0 Å². The van der Waals surface area contributed by atoms with Gasteiger partial charge in [-0.05, 0) is 47.9 Å². The van der Waals surface area contributed by atoms with Crippen molar-refractivity contribution in [2.24, 2.45) is 0 Å². The minimum atomic E-state index is -0.350. The van der Waals surface area contributed by atoms with Crippen LogP contribution in [0.5, 0.6) is 0 Å². The monoisotopic (exact) mass is 527 g/mol. The standard InChI is InChI=1S/C35H33N3O2/c1-2-3-4-5-6-12-21-37-34-16-11-10-15-28(34)31-22-26(17-20-35(31)37)33-24-29(25-13-8-7-9-14-25)30-23-27(38(39)40)18-19-32(30)36-33/h7-11,13-20,22-24H,2-6,12,21H2,1H3. The number of aryl methyl sites for hydroxylation is 1. The highest BCUT2D eigenvalue weighted by molar-refractivity contribution is 6.09. The highest BCUT2D eigenvalue weighted by atomic mass is 16.6. The minimum Gasteiger partial charge on any atom is -0.340 e. The Hall–Kier alpha value is -4.51. The van der Waals surface area contributed by atoms with E-state index >= 15 is 0 Å². The third-order valence-corrected chi connectivity index (χ3v) is 7.89. The van der Waals surface area contributed by atoms with E-state index in [4.69, 9.17) is 4.98 Å². The molecule has 5 nitrogen and oxygen atoms in total. The number of unbranched alkanes of at least 4 members (excludes halogenated alkanes) is 5. The van der Waals surface area contributed by atoms with Crippen LogP contribution in [0, 0.1) is 10.1 Å². The van der Waals surface area contributed by atoms with Crippen LogP contribution >= 0.6 is 0 Å². The molecule has 5 heteroatoms. The molecule has 40 heavy (non-hydrogen) atoms. The lowest BCUT2D eigenvalue weighted by Gasteiger charge is -2.11. The van der Waals surface area contributed by atoms with Crippen molar-refractivity contribution >= 4 is 38.4 Å². The zero-order valence-corrected chi connectivity index (χ0v) is 22.8. The molecule has 0 aliphatic heterocycles. The number of nitro groups is 1. The number of hydrogen-bond acceptors (Lipinski definition) is 3. The first-order valence-electron chi connectivity index (χ1n) is 14.3. The number of non-ortho nitro benzene ring substituents is 1. The molecule has 0 radical (unpaired) electrons. The van der Waals surface area contributed by atoms with E-state index in [2.05, 4.69) is 60.0 Å². The Morgan fingerprint density at radius 3 is 2.27 bits per heavy atom. The summed E-state index contributed by atoms with van der Waals surface area (Å²) in [6.07, 6.45) is 7.66. The van der Waals surface area contributed by atoms with Crippen LogP contribution in [0.2, 0.25) is 0 Å². The second-order valence-corrected chi connectivity index (χ2v) is 10.5. The first-order valence-corrected chi connectivity index (χ1v) is 14.3. The van der Waals surface area contributed by atoms with Crippen LogP contribution in [0.1, 0.15) is 45.4 Å². The Kier molecular flexibility index (Phi) is 7.28. The van der Waals surface area contributed by atoms with E-state index < -0.39 is 0 Å². The van der Waals surface area contributed by atoms with E-state index in [0.717, 1.165) is 39.8 Å². The van der Waals surface area contributed by atoms with E-state index in [1.807, 2.05) is 30.3 Å². The lowest BCUT2D eigenvalue weighted by molar-refractivity contribution is -0.384. The average Bonchev–Trinajstić information content (AvgIpc) is 3.31. The third kappa shape index (κ3) is 4.95. The van der Waals surface area contributed by atoms with Gasteiger partial charge in [-0.3, -0.25) is 10.1 Å². The molecule has 0 saturated carbocycles. The van der Waals surface area contributed by atoms with Crippen molar-refractivity contribution in [3.05, 3.63) is 107 Å². The van der Waals surface area contributed by atoms with Gasteiger partial charge in [0, 0.05) is 51.4 Å². The van der Waals surface area contributed by atoms with Crippen molar-refractivity contribution in [2.75, 3.05) is 0 Å². The molecule has 0 N–H and O–H groups in total. The number of pyridine rings is 1. The third-order valence-electron chi connectivity index (χ3n) is 7.89. The summed E-state index contributed by atoms with van der Waals surface area (Å²) >= 11 is 0. The number of nitrogens with zero attached hydrogens (tertiary/aromatic N) is 3. The number of hydrogen-bond donors (Lipinski definition) is 0. The fourth-order valence-corrected chi connectivity index (χ4v) is 5.84. The molecule has 6 rings (SSSR count). The Morgan fingerprint density at radius 1 is 0.700 bits per heavy atom. The van der Waals surface area contributed by atoms with Gasteiger partial charge in [0.1, 0.15) is 0 Å². The first-order chi connectivity index (χ1) is 19.6. The molecule has 0 aliphatic carbocycles. The number of rotatable bonds is 10. The molecule has 2 heterocycles. The molecule has 0 amide bonds. The predicted octanol–water partition coefficient (Wildman–Crippen LogP) is 9.95. The quantitative estimate of drug-likeness (QED) is 0.101. The Bertz CT molecular complexity index is 1820. The van der Waals surface area contributed by atoms with Crippen LogP contribution in [-0.4, -0.2) is 14.5 Å². The topological polar surface area (TPSA) is 61.0 Å². The van der Waals surface area contributed by atoms with Gasteiger partial charge in [-0.2, -0.15) is 0 Å². The summed E-state index contributed by atoms with van der Waals surface area (Å²) in [4.78, 5) is 16.2. The molecule has 0 atom stereocenters. The van der Waals surface area contributed by atoms with Crippen molar-refractivity contribution in [2.45, 2.75) is 52.0 Å². The van der Waals surface area contributed by atoms with Crippen LogP contribution in [0.25, 0.3) is 55.1 Å². The van der Waals surface area contributed by atoms with Crippen LogP contribution in [0.15, 0.2) is 97.1 Å². The molecule has 0 spiro atoms. The maximum absolute atomic E-state index is 11.5. The lowest BCUT2D eigenvalue weighted by Crippen LogP contribution is -1.98. The van der Waals surface area contributed by atoms with Crippen LogP contribution in [0.4, 0.5) is 5.69 Å². The van der Waals surface area contributed by atoms with Crippen LogP contribution < -0.4 is 0 Å². The summed E-state index contributed by atoms with van der Waals surface area (Å²) in [6, 6.07) is 32.3. The summed E-state index contributed by atoms with van der Waals surface area (Å²) in [5, 5.41) is 14.8. The normalized spacial score (nSPS) is 11.5. The molecule has 0 fully saturated rings. The van der Waals surface area contributed by atoms with Gasteiger partial charge in [-0.25, -0.2) is 4.98 Å². The maximum atomic E-state index is 11.5. The second-order valence-electron chi connectivity index (χ2n) is 10.5. The van der Waals surface area contributed by atoms with E-state index in [-0.39, 0.29) is 10.6 Å². The van der Waals surface area contributed by atoms with Gasteiger partial charge in [0.25, 0.3) is 5.69 Å². The van der Waals surface area contributed by atoms with Crippen molar-refractivity contribution < 1.29 is 4.92 Å². The van der Waals surface area contributed by atoms with Gasteiger partial charge < -0.3 is 4.57 Å². The molecule has 200 valence electrons. The first kappa shape index (κ1) is 25.8. The smallest absolute Gasteiger partial charge is 0.270 e. The average molecular weight is 528 g/mol. The van der Waals surface area contributed by atoms with Crippen molar-refractivity contribution in [3.8, 4) is 22.4 Å². The molecule has 0 saturated heterocycles. The predicted molar refractivity (Wildman–Crippen MR) is 166 cm³/mol. The lowest BCUT2D eigenvalue weighted by atomic mass is 9.97. The molecule has 0 bridgehead atoms. The SMILES string of the molecule is CCCCCCCCn1c2ccccc2c2cc(-c3cc(-c4ccccc4)c4cc([N+](=O)[O-])ccc4n3)ccc21. The van der Waals surface area contributed by atoms with Crippen molar-refractivity contribution in [1.29, 1.82) is 0 Å². The van der Waals surface area contributed by atoms with E-state index in [1.54, 1.807) is 12.1 Å². The van der Waals surface area contributed by atoms with Gasteiger partial charge in [0.15, 0.2) is 0 Å². The van der Waals surface area contributed by atoms with Crippen molar-refractivity contribution in [1.82, 2.24) is 9.55 Å². The van der Waals surface area contributed by atoms with Gasteiger partial charge in [-0.1, -0.05) is 93.6 Å². The zero-order valence-electron chi connectivity index (χ0n) is 22.8. The second kappa shape index (κ2) is 11.3. The summed E-state index contributed by atoms with van der Waals surface area (Å²) in [6.45, 7) is 3.27. The molecule has 2 aromatic heterocycles. The highest BCUT2D eigenvalue weighted by Gasteiger charge is 2.16. The van der Waals surface area contributed by atoms with Crippen molar-refractivity contribution in [3.63, 3.8) is 0 Å². The van der Waals surface area contributed by atoms with E-state index in [1.165, 1.54) is 66.4 Å². The molecular weight excluding hydrogens is 494 g/mol. The number of fused-ring (bicyclic) bond motifs is 4. The number of aromatic nitrogens is 2. The largest absolute Gasteiger partial charge is 0.340 e. The zero-order chi connectivity index (χ0) is 27.5. The van der Waals surface area contributed by atoms with Gasteiger partial charge in [-0.15, -0.1) is 0 Å². The molecule has 0 unspecified atom stereocenters. The Morgan fingerprint density at radius 2 is 1.45 bits per heavy atom. The summed E-state index contributed by atoms with van der Waals surface area (Å²) in [5.41, 5.74) is 7.17. The molecule has 4 aromatic carbocycles. The maximum Gasteiger partial charge on any atom is 0.270 e. The minimum absolute atomic E-state index is 0.0684. The number of nitro benzene ring substituents is 1. The highest BCUT2D eigenvalue weighted by Crippen LogP contribution is 2.37. The van der Waals surface area contributed by atoms with E-state index in [0.29, 0.717) is 0 Å². The fraction of sp³-hybridized carbons (Fsp3) is 0.229. The van der Waals surface area contributed by atoms with Gasteiger partial charge in [0.2, 0.25) is 0 Å². The summed E-state index contributed by atoms with van der Waals surface area (Å²) in [5.74, 6) is 0.